The summed E-state index contributed by atoms with van der Waals surface area (Å²) in [5, 5.41) is 0. The van der Waals surface area contributed by atoms with Crippen molar-refractivity contribution in [2.24, 2.45) is 0 Å². The molecule has 5 heteroatoms. The summed E-state index contributed by atoms with van der Waals surface area (Å²) in [6, 6.07) is 9.74. The number of hydrogen-bond donors (Lipinski definition) is 0. The molecule has 3 heterocycles. The average molecular weight is 337 g/mol. The fraction of sp³-hybridized carbons (Fsp3) is 0.211. The molecule has 0 saturated carbocycles. The van der Waals surface area contributed by atoms with Crippen LogP contribution < -0.4 is 0 Å². The second-order valence-electron chi connectivity index (χ2n) is 5.73. The maximum atomic E-state index is 13.0. The normalized spacial score (nSPS) is 10.6. The summed E-state index contributed by atoms with van der Waals surface area (Å²) >= 11 is 1.55. The fourth-order valence-electron chi connectivity index (χ4n) is 2.45. The molecule has 3 aromatic heterocycles. The van der Waals surface area contributed by atoms with Gasteiger partial charge in [0, 0.05) is 42.8 Å². The number of hydrogen-bond acceptors (Lipinski definition) is 4. The van der Waals surface area contributed by atoms with Crippen LogP contribution in [0.4, 0.5) is 0 Å². The van der Waals surface area contributed by atoms with Crippen LogP contribution in [-0.4, -0.2) is 20.8 Å². The first kappa shape index (κ1) is 16.3. The lowest BCUT2D eigenvalue weighted by Crippen LogP contribution is -2.29. The number of pyridine rings is 2. The van der Waals surface area contributed by atoms with Crippen LogP contribution in [-0.2, 0) is 13.1 Å². The van der Waals surface area contributed by atoms with Crippen molar-refractivity contribution >= 4 is 17.2 Å². The molecule has 0 N–H and O–H groups in total. The number of carbonyl (C=O) groups is 1. The van der Waals surface area contributed by atoms with E-state index in [1.54, 1.807) is 36.1 Å². The largest absolute Gasteiger partial charge is 0.329 e. The molecular weight excluding hydrogens is 318 g/mol. The van der Waals surface area contributed by atoms with Crippen LogP contribution in [0.2, 0.25) is 0 Å². The zero-order valence-corrected chi connectivity index (χ0v) is 14.6. The molecule has 1 amide bonds. The van der Waals surface area contributed by atoms with Gasteiger partial charge in [0.15, 0.2) is 0 Å². The Morgan fingerprint density at radius 2 is 1.79 bits per heavy atom. The first-order chi connectivity index (χ1) is 11.6. The van der Waals surface area contributed by atoms with Crippen molar-refractivity contribution in [3.8, 4) is 0 Å². The number of carbonyl (C=O) groups excluding carboxylic acids is 1. The molecule has 0 aliphatic heterocycles. The summed E-state index contributed by atoms with van der Waals surface area (Å²) in [6.07, 6.45) is 7.05. The van der Waals surface area contributed by atoms with Gasteiger partial charge in [-0.25, -0.2) is 0 Å². The molecule has 3 aromatic rings. The van der Waals surface area contributed by atoms with E-state index in [4.69, 9.17) is 0 Å². The van der Waals surface area contributed by atoms with Crippen molar-refractivity contribution in [2.75, 3.05) is 0 Å². The molecule has 0 spiro atoms. The smallest absolute Gasteiger partial charge is 0.264 e. The quantitative estimate of drug-likeness (QED) is 0.707. The van der Waals surface area contributed by atoms with Gasteiger partial charge in [0.05, 0.1) is 4.88 Å². The van der Waals surface area contributed by atoms with Crippen LogP contribution in [0.1, 0.15) is 31.2 Å². The first-order valence-electron chi connectivity index (χ1n) is 7.77. The van der Waals surface area contributed by atoms with Crippen LogP contribution in [0.15, 0.2) is 55.1 Å². The van der Waals surface area contributed by atoms with Crippen molar-refractivity contribution < 1.29 is 4.79 Å². The summed E-state index contributed by atoms with van der Waals surface area (Å²) in [5.41, 5.74) is 3.24. The molecule has 0 aliphatic carbocycles. The molecule has 0 saturated heterocycles. The third-order valence-corrected chi connectivity index (χ3v) is 5.02. The molecule has 0 unspecified atom stereocenters. The van der Waals surface area contributed by atoms with E-state index in [1.807, 2.05) is 49.1 Å². The van der Waals surface area contributed by atoms with Gasteiger partial charge in [0.1, 0.15) is 0 Å². The van der Waals surface area contributed by atoms with Crippen LogP contribution in [0.25, 0.3) is 0 Å². The molecule has 0 atom stereocenters. The van der Waals surface area contributed by atoms with Gasteiger partial charge < -0.3 is 4.90 Å². The van der Waals surface area contributed by atoms with Crippen molar-refractivity contribution in [1.82, 2.24) is 14.9 Å². The number of aromatic nitrogens is 2. The molecule has 24 heavy (non-hydrogen) atoms. The van der Waals surface area contributed by atoms with Gasteiger partial charge in [-0.2, -0.15) is 0 Å². The van der Waals surface area contributed by atoms with Crippen molar-refractivity contribution in [1.29, 1.82) is 0 Å². The Hall–Kier alpha value is -2.53. The van der Waals surface area contributed by atoms with Gasteiger partial charge in [-0.1, -0.05) is 6.07 Å². The van der Waals surface area contributed by atoms with Gasteiger partial charge >= 0.3 is 0 Å². The monoisotopic (exact) mass is 337 g/mol. The number of rotatable bonds is 5. The van der Waals surface area contributed by atoms with Crippen molar-refractivity contribution in [2.45, 2.75) is 26.9 Å². The molecule has 3 rings (SSSR count). The fourth-order valence-corrected chi connectivity index (χ4v) is 3.46. The lowest BCUT2D eigenvalue weighted by atomic mass is 10.2. The Kier molecular flexibility index (Phi) is 5.01. The molecule has 4 nitrogen and oxygen atoms in total. The van der Waals surface area contributed by atoms with E-state index in [0.717, 1.165) is 21.6 Å². The SMILES string of the molecule is Cc1cc(C(=O)N(Cc2ccncc2)Cc2cccnc2)sc1C. The van der Waals surface area contributed by atoms with Crippen LogP contribution in [0, 0.1) is 13.8 Å². The topological polar surface area (TPSA) is 46.1 Å². The first-order valence-corrected chi connectivity index (χ1v) is 8.59. The number of aryl methyl sites for hydroxylation is 2. The summed E-state index contributed by atoms with van der Waals surface area (Å²) in [4.78, 5) is 25.0. The lowest BCUT2D eigenvalue weighted by molar-refractivity contribution is 0.0734. The Bertz CT molecular complexity index is 754. The zero-order chi connectivity index (χ0) is 16.9. The Morgan fingerprint density at radius 3 is 2.42 bits per heavy atom. The maximum absolute atomic E-state index is 13.0. The van der Waals surface area contributed by atoms with E-state index in [9.17, 15) is 4.79 Å². The Morgan fingerprint density at radius 1 is 1.04 bits per heavy atom. The average Bonchev–Trinajstić information content (AvgIpc) is 2.94. The minimum atomic E-state index is 0.0527. The second-order valence-corrected chi connectivity index (χ2v) is 6.98. The molecule has 122 valence electrons. The predicted octanol–water partition coefficient (Wildman–Crippen LogP) is 4.00. The highest BCUT2D eigenvalue weighted by molar-refractivity contribution is 7.14. The molecule has 0 fully saturated rings. The number of amides is 1. The van der Waals surface area contributed by atoms with Crippen molar-refractivity contribution in [3.05, 3.63) is 81.6 Å². The third-order valence-electron chi connectivity index (χ3n) is 3.88. The summed E-state index contributed by atoms with van der Waals surface area (Å²) in [5.74, 6) is 0.0527. The van der Waals surface area contributed by atoms with E-state index in [2.05, 4.69) is 9.97 Å². The minimum Gasteiger partial charge on any atom is -0.329 e. The van der Waals surface area contributed by atoms with E-state index in [0.29, 0.717) is 13.1 Å². The molecule has 0 bridgehead atoms. The summed E-state index contributed by atoms with van der Waals surface area (Å²) < 4.78 is 0. The zero-order valence-electron chi connectivity index (χ0n) is 13.8. The van der Waals surface area contributed by atoms with Crippen molar-refractivity contribution in [3.63, 3.8) is 0 Å². The van der Waals surface area contributed by atoms with E-state index < -0.39 is 0 Å². The molecule has 0 radical (unpaired) electrons. The third kappa shape index (κ3) is 3.86. The van der Waals surface area contributed by atoms with Gasteiger partial charge in [-0.05, 0) is 54.8 Å². The number of thiophene rings is 1. The van der Waals surface area contributed by atoms with Gasteiger partial charge in [0.25, 0.3) is 5.91 Å². The highest BCUT2D eigenvalue weighted by atomic mass is 32.1. The van der Waals surface area contributed by atoms with Gasteiger partial charge in [-0.3, -0.25) is 14.8 Å². The van der Waals surface area contributed by atoms with Gasteiger partial charge in [0.2, 0.25) is 0 Å². The van der Waals surface area contributed by atoms with Crippen LogP contribution in [0.5, 0.6) is 0 Å². The van der Waals surface area contributed by atoms with Gasteiger partial charge in [-0.15, -0.1) is 11.3 Å². The summed E-state index contributed by atoms with van der Waals surface area (Å²) in [7, 11) is 0. The molecular formula is C19H19N3OS. The van der Waals surface area contributed by atoms with E-state index in [-0.39, 0.29) is 5.91 Å². The van der Waals surface area contributed by atoms with Crippen LogP contribution in [0.3, 0.4) is 0 Å². The van der Waals surface area contributed by atoms with Crippen LogP contribution >= 0.6 is 11.3 Å². The summed E-state index contributed by atoms with van der Waals surface area (Å²) in [6.45, 7) is 5.17. The molecule has 0 aromatic carbocycles. The lowest BCUT2D eigenvalue weighted by Gasteiger charge is -2.22. The highest BCUT2D eigenvalue weighted by Crippen LogP contribution is 2.23. The predicted molar refractivity (Wildman–Crippen MR) is 95.8 cm³/mol. The minimum absolute atomic E-state index is 0.0527. The Labute approximate surface area is 145 Å². The van der Waals surface area contributed by atoms with E-state index in [1.165, 1.54) is 4.88 Å². The van der Waals surface area contributed by atoms with E-state index >= 15 is 0 Å². The second kappa shape index (κ2) is 7.36. The maximum Gasteiger partial charge on any atom is 0.264 e. The highest BCUT2D eigenvalue weighted by Gasteiger charge is 2.19. The molecule has 0 aliphatic rings. The Balaban J connectivity index is 1.87. The number of nitrogens with zero attached hydrogens (tertiary/aromatic N) is 3. The standard InChI is InChI=1S/C19H19N3OS/c1-14-10-18(24-15(14)2)19(23)22(12-16-5-8-20-9-6-16)13-17-4-3-7-21-11-17/h3-11H,12-13H2,1-2H3.